The maximum Gasteiger partial charge on any atom is 0.104 e. The van der Waals surface area contributed by atoms with Gasteiger partial charge in [0.1, 0.15) is 4.99 Å². The van der Waals surface area contributed by atoms with Crippen molar-refractivity contribution >= 4 is 56.1 Å². The molecule has 0 spiro atoms. The molecule has 5 heteroatoms. The van der Waals surface area contributed by atoms with Crippen LogP contribution in [0, 0.1) is 0 Å². The van der Waals surface area contributed by atoms with E-state index in [1.54, 1.807) is 0 Å². The van der Waals surface area contributed by atoms with Crippen LogP contribution in [0.5, 0.6) is 0 Å². The molecule has 0 saturated heterocycles. The topological polar surface area (TPSA) is 38.0 Å². The van der Waals surface area contributed by atoms with Crippen molar-refractivity contribution in [1.29, 1.82) is 0 Å². The van der Waals surface area contributed by atoms with E-state index in [-0.39, 0.29) is 0 Å². The third-order valence-corrected chi connectivity index (χ3v) is 3.48. The van der Waals surface area contributed by atoms with Crippen LogP contribution in [0.2, 0.25) is 5.02 Å². The molecule has 0 unspecified atom stereocenters. The lowest BCUT2D eigenvalue weighted by Crippen LogP contribution is -2.09. The first-order valence-electron chi connectivity index (χ1n) is 5.18. The van der Waals surface area contributed by atoms with E-state index in [1.165, 1.54) is 0 Å². The molecule has 0 aliphatic carbocycles. The van der Waals surface area contributed by atoms with Crippen molar-refractivity contribution in [3.05, 3.63) is 57.5 Å². The lowest BCUT2D eigenvalue weighted by molar-refractivity contribution is 1.51. The SMILES string of the molecule is NC(=S)c1ccc(Nc2cccc(Cl)c2)c(Br)c1. The third-order valence-electron chi connectivity index (χ3n) is 2.36. The molecule has 2 aromatic rings. The van der Waals surface area contributed by atoms with Crippen LogP contribution in [0.25, 0.3) is 0 Å². The van der Waals surface area contributed by atoms with Crippen molar-refractivity contribution in [3.8, 4) is 0 Å². The number of rotatable bonds is 3. The number of nitrogens with one attached hydrogen (secondary N) is 1. The Labute approximate surface area is 124 Å². The molecule has 0 radical (unpaired) electrons. The van der Waals surface area contributed by atoms with Crippen LogP contribution in [0.1, 0.15) is 5.56 Å². The first-order valence-corrected chi connectivity index (χ1v) is 6.76. The summed E-state index contributed by atoms with van der Waals surface area (Å²) >= 11 is 14.3. The lowest BCUT2D eigenvalue weighted by atomic mass is 10.2. The van der Waals surface area contributed by atoms with E-state index in [0.717, 1.165) is 21.4 Å². The molecular formula is C13H10BrClN2S. The van der Waals surface area contributed by atoms with Crippen LogP contribution in [-0.4, -0.2) is 4.99 Å². The van der Waals surface area contributed by atoms with E-state index in [0.29, 0.717) is 10.0 Å². The molecule has 0 fully saturated rings. The van der Waals surface area contributed by atoms with E-state index in [1.807, 2.05) is 42.5 Å². The highest BCUT2D eigenvalue weighted by atomic mass is 79.9. The molecule has 2 aromatic carbocycles. The minimum absolute atomic E-state index is 0.380. The Bertz CT molecular complexity index is 601. The zero-order chi connectivity index (χ0) is 13.1. The van der Waals surface area contributed by atoms with Crippen LogP contribution in [-0.2, 0) is 0 Å². The minimum Gasteiger partial charge on any atom is -0.389 e. The van der Waals surface area contributed by atoms with Gasteiger partial charge in [-0.2, -0.15) is 0 Å². The summed E-state index contributed by atoms with van der Waals surface area (Å²) in [7, 11) is 0. The summed E-state index contributed by atoms with van der Waals surface area (Å²) in [5.41, 5.74) is 8.26. The smallest absolute Gasteiger partial charge is 0.104 e. The Morgan fingerprint density at radius 2 is 2.00 bits per heavy atom. The van der Waals surface area contributed by atoms with Gasteiger partial charge in [-0.05, 0) is 52.3 Å². The number of hydrogen-bond acceptors (Lipinski definition) is 2. The number of hydrogen-bond donors (Lipinski definition) is 2. The van der Waals surface area contributed by atoms with Crippen LogP contribution < -0.4 is 11.1 Å². The molecule has 0 atom stereocenters. The summed E-state index contributed by atoms with van der Waals surface area (Å²) in [6.45, 7) is 0. The van der Waals surface area contributed by atoms with Crippen molar-refractivity contribution in [2.24, 2.45) is 5.73 Å². The highest BCUT2D eigenvalue weighted by Crippen LogP contribution is 2.27. The molecule has 0 heterocycles. The number of nitrogens with two attached hydrogens (primary N) is 1. The van der Waals surface area contributed by atoms with Crippen molar-refractivity contribution in [2.75, 3.05) is 5.32 Å². The van der Waals surface area contributed by atoms with E-state index in [2.05, 4.69) is 21.2 Å². The van der Waals surface area contributed by atoms with E-state index >= 15 is 0 Å². The number of benzene rings is 2. The van der Waals surface area contributed by atoms with Crippen molar-refractivity contribution in [2.45, 2.75) is 0 Å². The summed E-state index contributed by atoms with van der Waals surface area (Å²) in [5, 5.41) is 3.95. The number of anilines is 2. The van der Waals surface area contributed by atoms with Crippen molar-refractivity contribution < 1.29 is 0 Å². The Balaban J connectivity index is 2.27. The molecule has 0 aromatic heterocycles. The van der Waals surface area contributed by atoms with Gasteiger partial charge in [-0.3, -0.25) is 0 Å². The molecule has 0 bridgehead atoms. The quantitative estimate of drug-likeness (QED) is 0.808. The van der Waals surface area contributed by atoms with Gasteiger partial charge in [0.15, 0.2) is 0 Å². The highest BCUT2D eigenvalue weighted by Gasteiger charge is 2.04. The first kappa shape index (κ1) is 13.3. The monoisotopic (exact) mass is 340 g/mol. The normalized spacial score (nSPS) is 10.1. The van der Waals surface area contributed by atoms with E-state index in [4.69, 9.17) is 29.6 Å². The Hall–Kier alpha value is -1.10. The second kappa shape index (κ2) is 5.69. The van der Waals surface area contributed by atoms with Gasteiger partial charge in [0, 0.05) is 20.7 Å². The summed E-state index contributed by atoms with van der Waals surface area (Å²) < 4.78 is 0.896. The van der Waals surface area contributed by atoms with Gasteiger partial charge in [-0.1, -0.05) is 29.9 Å². The van der Waals surface area contributed by atoms with Crippen LogP contribution in [0.15, 0.2) is 46.9 Å². The summed E-state index contributed by atoms with van der Waals surface area (Å²) in [6.07, 6.45) is 0. The summed E-state index contributed by atoms with van der Waals surface area (Å²) in [5.74, 6) is 0. The van der Waals surface area contributed by atoms with Crippen LogP contribution >= 0.6 is 39.7 Å². The van der Waals surface area contributed by atoms with Crippen LogP contribution in [0.3, 0.4) is 0 Å². The summed E-state index contributed by atoms with van der Waals surface area (Å²) in [6, 6.07) is 13.2. The van der Waals surface area contributed by atoms with E-state index < -0.39 is 0 Å². The Kier molecular flexibility index (Phi) is 4.22. The second-order valence-electron chi connectivity index (χ2n) is 3.69. The maximum absolute atomic E-state index is 5.93. The van der Waals surface area contributed by atoms with Gasteiger partial charge in [-0.25, -0.2) is 0 Å². The Morgan fingerprint density at radius 3 is 2.61 bits per heavy atom. The zero-order valence-corrected chi connectivity index (χ0v) is 12.4. The standard InChI is InChI=1S/C13H10BrClN2S/c14-11-6-8(13(16)18)4-5-12(11)17-10-3-1-2-9(15)7-10/h1-7,17H,(H2,16,18). The number of halogens is 2. The van der Waals surface area contributed by atoms with Gasteiger partial charge in [0.2, 0.25) is 0 Å². The molecule has 2 nitrogen and oxygen atoms in total. The molecular weight excluding hydrogens is 332 g/mol. The molecule has 0 aliphatic rings. The van der Waals surface area contributed by atoms with Gasteiger partial charge < -0.3 is 11.1 Å². The predicted octanol–water partition coefficient (Wildman–Crippen LogP) is 4.48. The second-order valence-corrected chi connectivity index (χ2v) is 5.42. The molecule has 2 rings (SSSR count). The fourth-order valence-electron chi connectivity index (χ4n) is 1.49. The van der Waals surface area contributed by atoms with Crippen molar-refractivity contribution in [3.63, 3.8) is 0 Å². The van der Waals surface area contributed by atoms with Gasteiger partial charge in [0.25, 0.3) is 0 Å². The highest BCUT2D eigenvalue weighted by molar-refractivity contribution is 9.10. The van der Waals surface area contributed by atoms with Crippen molar-refractivity contribution in [1.82, 2.24) is 0 Å². The molecule has 18 heavy (non-hydrogen) atoms. The fourth-order valence-corrected chi connectivity index (χ4v) is 2.29. The average molecular weight is 342 g/mol. The van der Waals surface area contributed by atoms with Gasteiger partial charge >= 0.3 is 0 Å². The third kappa shape index (κ3) is 3.22. The van der Waals surface area contributed by atoms with Gasteiger partial charge in [0.05, 0.1) is 5.69 Å². The molecule has 0 aliphatic heterocycles. The van der Waals surface area contributed by atoms with Gasteiger partial charge in [-0.15, -0.1) is 0 Å². The zero-order valence-electron chi connectivity index (χ0n) is 9.28. The number of thiocarbonyl (C=S) groups is 1. The first-order chi connectivity index (χ1) is 8.56. The maximum atomic E-state index is 5.93. The lowest BCUT2D eigenvalue weighted by Gasteiger charge is -2.10. The van der Waals surface area contributed by atoms with Crippen LogP contribution in [0.4, 0.5) is 11.4 Å². The largest absolute Gasteiger partial charge is 0.389 e. The molecule has 3 N–H and O–H groups in total. The minimum atomic E-state index is 0.380. The Morgan fingerprint density at radius 1 is 1.22 bits per heavy atom. The van der Waals surface area contributed by atoms with E-state index in [9.17, 15) is 0 Å². The summed E-state index contributed by atoms with van der Waals surface area (Å²) in [4.78, 5) is 0.380. The molecule has 0 saturated carbocycles. The molecule has 92 valence electrons. The predicted molar refractivity (Wildman–Crippen MR) is 84.8 cm³/mol. The molecule has 0 amide bonds. The fraction of sp³-hybridized carbons (Fsp3) is 0. The average Bonchev–Trinajstić information content (AvgIpc) is 2.31.